The molecule has 41 heavy (non-hydrogen) atoms. The molecule has 11 heteroatoms. The molecule has 4 aromatic rings. The van der Waals surface area contributed by atoms with Gasteiger partial charge >= 0.3 is 5.97 Å². The van der Waals surface area contributed by atoms with Gasteiger partial charge < -0.3 is 19.0 Å². The first-order valence-electron chi connectivity index (χ1n) is 13.9. The first-order chi connectivity index (χ1) is 19.9. The molecule has 0 bridgehead atoms. The van der Waals surface area contributed by atoms with Gasteiger partial charge in [-0.3, -0.25) is 9.69 Å². The summed E-state index contributed by atoms with van der Waals surface area (Å²) in [5, 5.41) is 9.58. The van der Waals surface area contributed by atoms with Crippen LogP contribution in [0.1, 0.15) is 60.6 Å². The van der Waals surface area contributed by atoms with Crippen molar-refractivity contribution in [3.8, 4) is 5.88 Å². The Morgan fingerprint density at radius 2 is 1.98 bits per heavy atom. The van der Waals surface area contributed by atoms with Gasteiger partial charge in [0.25, 0.3) is 0 Å². The third-order valence-electron chi connectivity index (χ3n) is 7.58. The number of likely N-dealkylation sites (tertiary alicyclic amines) is 1. The minimum Gasteiger partial charge on any atom is -0.481 e. The Balaban J connectivity index is 1.21. The number of piperidine rings is 1. The third kappa shape index (κ3) is 7.31. The molecule has 1 N–H and O–H groups in total. The number of aliphatic carboxylic acids is 1. The molecule has 216 valence electrons. The van der Waals surface area contributed by atoms with Crippen LogP contribution in [-0.2, 0) is 37.5 Å². The lowest BCUT2D eigenvalue weighted by Crippen LogP contribution is -2.33. The summed E-state index contributed by atoms with van der Waals surface area (Å²) in [6.45, 7) is 6.03. The second-order valence-electron chi connectivity index (χ2n) is 10.3. The lowest BCUT2D eigenvalue weighted by atomic mass is 9.93. The lowest BCUT2D eigenvalue weighted by molar-refractivity contribution is -0.137. The van der Waals surface area contributed by atoms with Crippen molar-refractivity contribution in [1.82, 2.24) is 29.0 Å². The quantitative estimate of drug-likeness (QED) is 0.242. The summed E-state index contributed by atoms with van der Waals surface area (Å²) in [4.78, 5) is 27.3. The van der Waals surface area contributed by atoms with Gasteiger partial charge in [0.1, 0.15) is 18.2 Å². The smallest absolute Gasteiger partial charge is 0.303 e. The largest absolute Gasteiger partial charge is 0.481 e. The topological polar surface area (TPSA) is 98.3 Å². The fourth-order valence-electron chi connectivity index (χ4n) is 5.25. The summed E-state index contributed by atoms with van der Waals surface area (Å²) in [5.74, 6) is 0.482. The number of benzene rings is 1. The zero-order valence-electron chi connectivity index (χ0n) is 23.0. The van der Waals surface area contributed by atoms with Gasteiger partial charge in [-0.15, -0.1) is 0 Å². The monoisotopic (exact) mass is 580 g/mol. The molecule has 9 nitrogen and oxygen atoms in total. The number of carbonyl (C=O) groups is 1. The molecule has 3 aromatic heterocycles. The molecule has 0 amide bonds. The van der Waals surface area contributed by atoms with Crippen molar-refractivity contribution < 1.29 is 19.0 Å². The molecule has 0 unspecified atom stereocenters. The molecule has 0 atom stereocenters. The number of hydrogen-bond donors (Lipinski definition) is 1. The summed E-state index contributed by atoms with van der Waals surface area (Å²) < 4.78 is 24.1. The molecule has 0 radical (unpaired) electrons. The fraction of sp³-hybridized carbons (Fsp3) is 0.400. The molecule has 4 heterocycles. The average molecular weight is 581 g/mol. The van der Waals surface area contributed by atoms with Crippen LogP contribution in [0.2, 0.25) is 5.02 Å². The summed E-state index contributed by atoms with van der Waals surface area (Å²) in [6.07, 6.45) is 7.86. The maximum absolute atomic E-state index is 14.1. The Labute approximate surface area is 243 Å². The maximum atomic E-state index is 14.1. The number of aromatic nitrogens is 5. The van der Waals surface area contributed by atoms with E-state index < -0.39 is 11.8 Å². The van der Waals surface area contributed by atoms with Crippen molar-refractivity contribution in [2.45, 2.75) is 64.8 Å². The number of nitrogens with zero attached hydrogens (tertiary/aromatic N) is 6. The number of halogens is 2. The predicted octanol–water partition coefficient (Wildman–Crippen LogP) is 5.31. The zero-order valence-corrected chi connectivity index (χ0v) is 23.8. The lowest BCUT2D eigenvalue weighted by Gasteiger charge is -2.31. The maximum Gasteiger partial charge on any atom is 0.303 e. The van der Waals surface area contributed by atoms with Crippen LogP contribution in [0.3, 0.4) is 0 Å². The molecule has 5 rings (SSSR count). The second kappa shape index (κ2) is 13.3. The molecule has 1 saturated heterocycles. The van der Waals surface area contributed by atoms with Crippen LogP contribution in [0.5, 0.6) is 5.88 Å². The first kappa shape index (κ1) is 28.8. The fourth-order valence-corrected chi connectivity index (χ4v) is 5.41. The average Bonchev–Trinajstić information content (AvgIpc) is 3.58. The SMILES string of the molecule is CCn1cncc1Cn1c(CCC(=O)O)cnc1CN1CCC(c2cccc(OCc3ccc(Cl)cc3F)n2)CC1. The molecule has 0 saturated carbocycles. The molecule has 0 aliphatic carbocycles. The number of ether oxygens (including phenoxy) is 1. The number of pyridine rings is 1. The molecule has 1 aliphatic heterocycles. The number of hydrogen-bond acceptors (Lipinski definition) is 6. The van der Waals surface area contributed by atoms with Crippen LogP contribution in [0, 0.1) is 5.82 Å². The van der Waals surface area contributed by atoms with Crippen LogP contribution in [0.4, 0.5) is 4.39 Å². The van der Waals surface area contributed by atoms with Gasteiger partial charge in [-0.05, 0) is 57.5 Å². The standard InChI is InChI=1S/C30H34ClFN6O3/c1-2-37-20-33-15-25(37)17-38-24(8-9-30(39)40)16-34-28(38)18-36-12-10-21(11-13-36)27-4-3-5-29(35-27)41-19-22-6-7-23(31)14-26(22)32/h3-7,14-16,20-21H,2,8-13,17-19H2,1H3,(H,39,40). The van der Waals surface area contributed by atoms with E-state index in [2.05, 4.69) is 25.9 Å². The van der Waals surface area contributed by atoms with E-state index in [1.165, 1.54) is 6.07 Å². The summed E-state index contributed by atoms with van der Waals surface area (Å²) in [7, 11) is 0. The van der Waals surface area contributed by atoms with Gasteiger partial charge in [-0.25, -0.2) is 19.3 Å². The van der Waals surface area contributed by atoms with Crippen molar-refractivity contribution in [1.29, 1.82) is 0 Å². The van der Waals surface area contributed by atoms with Crippen molar-refractivity contribution >= 4 is 17.6 Å². The Hall–Kier alpha value is -3.76. The molecule has 1 fully saturated rings. The van der Waals surface area contributed by atoms with Crippen molar-refractivity contribution in [2.75, 3.05) is 13.1 Å². The van der Waals surface area contributed by atoms with Crippen LogP contribution < -0.4 is 4.74 Å². The highest BCUT2D eigenvalue weighted by Crippen LogP contribution is 2.29. The Morgan fingerprint density at radius 1 is 1.15 bits per heavy atom. The highest BCUT2D eigenvalue weighted by Gasteiger charge is 2.24. The van der Waals surface area contributed by atoms with E-state index in [0.717, 1.165) is 55.4 Å². The van der Waals surface area contributed by atoms with Crippen LogP contribution in [-0.4, -0.2) is 53.2 Å². The van der Waals surface area contributed by atoms with Gasteiger partial charge in [0, 0.05) is 52.9 Å². The van der Waals surface area contributed by atoms with Gasteiger partial charge in [0.2, 0.25) is 5.88 Å². The molecule has 1 aliphatic rings. The van der Waals surface area contributed by atoms with E-state index >= 15 is 0 Å². The highest BCUT2D eigenvalue weighted by molar-refractivity contribution is 6.30. The second-order valence-corrected chi connectivity index (χ2v) is 10.7. The van der Waals surface area contributed by atoms with Crippen LogP contribution >= 0.6 is 11.6 Å². The number of carboxylic acid groups (broad SMARTS) is 1. The summed E-state index contributed by atoms with van der Waals surface area (Å²) in [6, 6.07) is 10.3. The van der Waals surface area contributed by atoms with E-state index in [4.69, 9.17) is 26.3 Å². The molecular weight excluding hydrogens is 547 g/mol. The van der Waals surface area contributed by atoms with E-state index in [9.17, 15) is 14.3 Å². The number of aryl methyl sites for hydroxylation is 2. The van der Waals surface area contributed by atoms with Gasteiger partial charge in [0.05, 0.1) is 31.5 Å². The Bertz CT molecular complexity index is 1480. The van der Waals surface area contributed by atoms with E-state index in [1.54, 1.807) is 18.2 Å². The molecular formula is C30H34ClFN6O3. The number of rotatable bonds is 12. The normalized spacial score (nSPS) is 14.4. The predicted molar refractivity (Wildman–Crippen MR) is 152 cm³/mol. The highest BCUT2D eigenvalue weighted by atomic mass is 35.5. The van der Waals surface area contributed by atoms with Gasteiger partial charge in [-0.2, -0.15) is 0 Å². The number of carboxylic acids is 1. The van der Waals surface area contributed by atoms with Crippen molar-refractivity contribution in [3.63, 3.8) is 0 Å². The van der Waals surface area contributed by atoms with Crippen LogP contribution in [0.15, 0.2) is 55.1 Å². The van der Waals surface area contributed by atoms with E-state index in [-0.39, 0.29) is 13.0 Å². The van der Waals surface area contributed by atoms with Crippen molar-refractivity contribution in [2.24, 2.45) is 0 Å². The third-order valence-corrected chi connectivity index (χ3v) is 7.82. The minimum absolute atomic E-state index is 0.0635. The first-order valence-corrected chi connectivity index (χ1v) is 14.3. The molecule has 0 spiro atoms. The Kier molecular flexibility index (Phi) is 9.31. The Morgan fingerprint density at radius 3 is 2.73 bits per heavy atom. The summed E-state index contributed by atoms with van der Waals surface area (Å²) in [5.41, 5.74) is 3.39. The zero-order chi connectivity index (χ0) is 28.8. The molecule has 1 aromatic carbocycles. The minimum atomic E-state index is -0.819. The van der Waals surface area contributed by atoms with E-state index in [0.29, 0.717) is 41.9 Å². The summed E-state index contributed by atoms with van der Waals surface area (Å²) >= 11 is 5.84. The van der Waals surface area contributed by atoms with Crippen LogP contribution in [0.25, 0.3) is 0 Å². The van der Waals surface area contributed by atoms with Crippen molar-refractivity contribution in [3.05, 3.63) is 94.4 Å². The van der Waals surface area contributed by atoms with Gasteiger partial charge in [-0.1, -0.05) is 23.7 Å². The van der Waals surface area contributed by atoms with E-state index in [1.807, 2.05) is 30.9 Å². The van der Waals surface area contributed by atoms with Gasteiger partial charge in [0.15, 0.2) is 0 Å². The number of imidazole rings is 2.